The molecule has 0 fully saturated rings. The summed E-state index contributed by atoms with van der Waals surface area (Å²) in [7, 11) is 0. The normalized spacial score (nSPS) is 10.3. The Morgan fingerprint density at radius 2 is 1.19 bits per heavy atom. The van der Waals surface area contributed by atoms with Crippen molar-refractivity contribution in [2.75, 3.05) is 5.73 Å². The number of rotatable bonds is 3. The van der Waals surface area contributed by atoms with E-state index in [4.69, 9.17) is 5.73 Å². The van der Waals surface area contributed by atoms with Crippen LogP contribution in [0.1, 0.15) is 10.4 Å². The van der Waals surface area contributed by atoms with E-state index in [2.05, 4.69) is 9.97 Å². The Morgan fingerprint density at radius 3 is 1.57 bits per heavy atom. The van der Waals surface area contributed by atoms with Crippen molar-refractivity contribution in [3.8, 4) is 22.5 Å². The quantitative estimate of drug-likeness (QED) is 0.745. The highest BCUT2D eigenvalue weighted by Gasteiger charge is 2.15. The molecule has 0 aliphatic heterocycles. The average Bonchev–Trinajstić information content (AvgIpc) is 2.55. The Hall–Kier alpha value is -3.01. The molecule has 21 heavy (non-hydrogen) atoms. The Bertz CT molecular complexity index is 710. The molecule has 0 saturated heterocycles. The van der Waals surface area contributed by atoms with E-state index < -0.39 is 0 Å². The highest BCUT2D eigenvalue weighted by atomic mass is 16.1. The zero-order valence-electron chi connectivity index (χ0n) is 11.2. The molecule has 0 amide bonds. The van der Waals surface area contributed by atoms with Crippen molar-refractivity contribution in [2.45, 2.75) is 0 Å². The van der Waals surface area contributed by atoms with Gasteiger partial charge in [-0.1, -0.05) is 60.7 Å². The summed E-state index contributed by atoms with van der Waals surface area (Å²) in [5, 5.41) is 0. The Kier molecular flexibility index (Phi) is 3.43. The number of hydrogen-bond donors (Lipinski definition) is 1. The van der Waals surface area contributed by atoms with Gasteiger partial charge in [0.05, 0.1) is 17.0 Å². The van der Waals surface area contributed by atoms with E-state index in [0.29, 0.717) is 17.0 Å². The third-order valence-electron chi connectivity index (χ3n) is 3.18. The molecule has 102 valence electrons. The summed E-state index contributed by atoms with van der Waals surface area (Å²) in [6, 6.07) is 19.0. The molecular formula is C17H13N3O. The largest absolute Gasteiger partial charge is 0.368 e. The number of nitrogens with zero attached hydrogens (tertiary/aromatic N) is 2. The first-order chi connectivity index (χ1) is 10.3. The van der Waals surface area contributed by atoms with Gasteiger partial charge in [-0.3, -0.25) is 4.79 Å². The van der Waals surface area contributed by atoms with E-state index in [9.17, 15) is 4.79 Å². The van der Waals surface area contributed by atoms with Gasteiger partial charge in [-0.2, -0.15) is 0 Å². The molecule has 0 aliphatic rings. The predicted octanol–water partition coefficient (Wildman–Crippen LogP) is 3.21. The van der Waals surface area contributed by atoms with Crippen LogP contribution >= 0.6 is 0 Å². The highest BCUT2D eigenvalue weighted by Crippen LogP contribution is 2.29. The lowest BCUT2D eigenvalue weighted by Gasteiger charge is -2.10. The van der Waals surface area contributed by atoms with E-state index in [1.54, 1.807) is 0 Å². The van der Waals surface area contributed by atoms with Crippen LogP contribution < -0.4 is 5.73 Å². The van der Waals surface area contributed by atoms with Gasteiger partial charge in [-0.25, -0.2) is 9.97 Å². The third kappa shape index (κ3) is 2.51. The monoisotopic (exact) mass is 275 g/mol. The van der Waals surface area contributed by atoms with Crippen LogP contribution in [0.25, 0.3) is 22.5 Å². The average molecular weight is 275 g/mol. The van der Waals surface area contributed by atoms with Crippen molar-refractivity contribution in [1.82, 2.24) is 9.97 Å². The number of aromatic nitrogens is 2. The van der Waals surface area contributed by atoms with Crippen LogP contribution in [-0.2, 0) is 0 Å². The van der Waals surface area contributed by atoms with Crippen LogP contribution in [0.5, 0.6) is 0 Å². The minimum absolute atomic E-state index is 0.151. The van der Waals surface area contributed by atoms with E-state index in [0.717, 1.165) is 17.4 Å². The second-order valence-electron chi connectivity index (χ2n) is 4.54. The standard InChI is InChI=1S/C17H13N3O/c18-17-19-15(12-7-3-1-4-8-12)14(11-21)16(20-17)13-9-5-2-6-10-13/h1-11H,(H2,18,19,20). The number of anilines is 1. The van der Waals surface area contributed by atoms with Gasteiger partial charge >= 0.3 is 0 Å². The molecule has 0 atom stereocenters. The van der Waals surface area contributed by atoms with Gasteiger partial charge in [-0.05, 0) is 0 Å². The molecule has 2 aromatic carbocycles. The molecule has 3 rings (SSSR count). The lowest BCUT2D eigenvalue weighted by atomic mass is 10.0. The summed E-state index contributed by atoms with van der Waals surface area (Å²) in [4.78, 5) is 20.1. The molecule has 3 aromatic rings. The SMILES string of the molecule is Nc1nc(-c2ccccc2)c(C=O)c(-c2ccccc2)n1. The molecule has 0 spiro atoms. The number of benzene rings is 2. The van der Waals surface area contributed by atoms with Crippen molar-refractivity contribution in [1.29, 1.82) is 0 Å². The lowest BCUT2D eigenvalue weighted by molar-refractivity contribution is 0.112. The second kappa shape index (κ2) is 5.54. The Morgan fingerprint density at radius 1 is 0.762 bits per heavy atom. The molecule has 4 nitrogen and oxygen atoms in total. The van der Waals surface area contributed by atoms with E-state index in [1.807, 2.05) is 60.7 Å². The number of hydrogen-bond acceptors (Lipinski definition) is 4. The van der Waals surface area contributed by atoms with Crippen LogP contribution in [0.15, 0.2) is 60.7 Å². The number of nitrogen functional groups attached to an aromatic ring is 1. The summed E-state index contributed by atoms with van der Waals surface area (Å²) < 4.78 is 0. The lowest BCUT2D eigenvalue weighted by Crippen LogP contribution is -2.04. The topological polar surface area (TPSA) is 68.9 Å². The van der Waals surface area contributed by atoms with Crippen LogP contribution in [-0.4, -0.2) is 16.3 Å². The second-order valence-corrected chi connectivity index (χ2v) is 4.54. The molecule has 0 unspecified atom stereocenters. The first kappa shape index (κ1) is 13.0. The molecular weight excluding hydrogens is 262 g/mol. The fourth-order valence-electron chi connectivity index (χ4n) is 2.23. The van der Waals surface area contributed by atoms with Gasteiger partial charge in [-0.15, -0.1) is 0 Å². The van der Waals surface area contributed by atoms with Gasteiger partial charge < -0.3 is 5.73 Å². The Labute approximate surface area is 122 Å². The smallest absolute Gasteiger partial charge is 0.221 e. The summed E-state index contributed by atoms with van der Waals surface area (Å²) in [5.41, 5.74) is 9.05. The maximum Gasteiger partial charge on any atom is 0.221 e. The number of carbonyl (C=O) groups is 1. The maximum absolute atomic E-state index is 11.6. The van der Waals surface area contributed by atoms with Crippen molar-refractivity contribution in [2.24, 2.45) is 0 Å². The van der Waals surface area contributed by atoms with Crippen LogP contribution in [0.4, 0.5) is 5.95 Å². The highest BCUT2D eigenvalue weighted by molar-refractivity contribution is 5.94. The Balaban J connectivity index is 2.28. The molecule has 4 heteroatoms. The van der Waals surface area contributed by atoms with Crippen LogP contribution in [0.2, 0.25) is 0 Å². The van der Waals surface area contributed by atoms with E-state index in [1.165, 1.54) is 0 Å². The summed E-state index contributed by atoms with van der Waals surface area (Å²) >= 11 is 0. The summed E-state index contributed by atoms with van der Waals surface area (Å²) in [5.74, 6) is 0.151. The zero-order valence-corrected chi connectivity index (χ0v) is 11.2. The first-order valence-corrected chi connectivity index (χ1v) is 6.53. The maximum atomic E-state index is 11.6. The summed E-state index contributed by atoms with van der Waals surface area (Å²) in [6.45, 7) is 0. The van der Waals surface area contributed by atoms with Crippen LogP contribution in [0.3, 0.4) is 0 Å². The van der Waals surface area contributed by atoms with Gasteiger partial charge in [0.1, 0.15) is 0 Å². The van der Waals surface area contributed by atoms with Gasteiger partial charge in [0.2, 0.25) is 5.95 Å². The molecule has 0 bridgehead atoms. The van der Waals surface area contributed by atoms with Crippen molar-refractivity contribution < 1.29 is 4.79 Å². The van der Waals surface area contributed by atoms with Crippen LogP contribution in [0, 0.1) is 0 Å². The molecule has 1 heterocycles. The molecule has 0 radical (unpaired) electrons. The molecule has 0 saturated carbocycles. The fraction of sp³-hybridized carbons (Fsp3) is 0. The minimum atomic E-state index is 0.151. The zero-order chi connectivity index (χ0) is 14.7. The predicted molar refractivity (Wildman–Crippen MR) is 82.7 cm³/mol. The van der Waals surface area contributed by atoms with Gasteiger partial charge in [0, 0.05) is 11.1 Å². The minimum Gasteiger partial charge on any atom is -0.368 e. The molecule has 1 aromatic heterocycles. The fourth-order valence-corrected chi connectivity index (χ4v) is 2.23. The number of nitrogens with two attached hydrogens (primary N) is 1. The van der Waals surface area contributed by atoms with Gasteiger partial charge in [0.25, 0.3) is 0 Å². The van der Waals surface area contributed by atoms with E-state index in [-0.39, 0.29) is 5.95 Å². The van der Waals surface area contributed by atoms with Crippen molar-refractivity contribution in [3.05, 3.63) is 66.2 Å². The number of aldehydes is 1. The van der Waals surface area contributed by atoms with E-state index >= 15 is 0 Å². The molecule has 2 N–H and O–H groups in total. The third-order valence-corrected chi connectivity index (χ3v) is 3.18. The number of carbonyl (C=O) groups excluding carboxylic acids is 1. The van der Waals surface area contributed by atoms with Crippen molar-refractivity contribution in [3.63, 3.8) is 0 Å². The van der Waals surface area contributed by atoms with Crippen molar-refractivity contribution >= 4 is 12.2 Å². The molecule has 0 aliphatic carbocycles. The first-order valence-electron chi connectivity index (χ1n) is 6.53. The van der Waals surface area contributed by atoms with Gasteiger partial charge in [0.15, 0.2) is 6.29 Å². The summed E-state index contributed by atoms with van der Waals surface area (Å²) in [6.07, 6.45) is 0.782.